The van der Waals surface area contributed by atoms with Gasteiger partial charge in [-0.15, -0.1) is 0 Å². The first-order valence-corrected chi connectivity index (χ1v) is 10.4. The van der Waals surface area contributed by atoms with Crippen LogP contribution < -0.4 is 10.6 Å². The normalized spacial score (nSPS) is 13.1. The number of unbranched alkanes of at least 4 members (excludes halogenated alkanes) is 3. The minimum Gasteiger partial charge on any atom is -0.352 e. The summed E-state index contributed by atoms with van der Waals surface area (Å²) in [4.78, 5) is 26.0. The lowest BCUT2D eigenvalue weighted by atomic mass is 10.1. The molecule has 2 N–H and O–H groups in total. The molecule has 5 nitrogen and oxygen atoms in total. The van der Waals surface area contributed by atoms with E-state index in [0.717, 1.165) is 37.8 Å². The van der Waals surface area contributed by atoms with Gasteiger partial charge in [0.2, 0.25) is 0 Å². The van der Waals surface area contributed by atoms with E-state index in [1.165, 1.54) is 23.3 Å². The quantitative estimate of drug-likeness (QED) is 0.592. The van der Waals surface area contributed by atoms with Crippen LogP contribution in [-0.2, 0) is 19.3 Å². The SMILES string of the molecule is O=C(NCCCCCCNC(=O)N1Cc2ccccc2C1)c1ccc(C(F)(F)F)cc1. The van der Waals surface area contributed by atoms with Crippen molar-refractivity contribution in [1.29, 1.82) is 0 Å². The van der Waals surface area contributed by atoms with E-state index < -0.39 is 11.7 Å². The number of nitrogens with one attached hydrogen (secondary N) is 2. The van der Waals surface area contributed by atoms with Crippen LogP contribution in [0.15, 0.2) is 48.5 Å². The zero-order valence-corrected chi connectivity index (χ0v) is 17.2. The monoisotopic (exact) mass is 433 g/mol. The third kappa shape index (κ3) is 6.47. The average Bonchev–Trinajstić information content (AvgIpc) is 3.19. The molecule has 0 bridgehead atoms. The van der Waals surface area contributed by atoms with Gasteiger partial charge in [-0.3, -0.25) is 4.79 Å². The number of hydrogen-bond donors (Lipinski definition) is 2. The lowest BCUT2D eigenvalue weighted by Gasteiger charge is -2.16. The minimum atomic E-state index is -4.41. The second-order valence-corrected chi connectivity index (χ2v) is 7.60. The molecular weight excluding hydrogens is 407 g/mol. The van der Waals surface area contributed by atoms with E-state index in [1.54, 1.807) is 4.90 Å². The summed E-state index contributed by atoms with van der Waals surface area (Å²) >= 11 is 0. The van der Waals surface area contributed by atoms with Crippen LogP contribution in [0, 0.1) is 0 Å². The molecule has 3 rings (SSSR count). The van der Waals surface area contributed by atoms with E-state index in [9.17, 15) is 22.8 Å². The van der Waals surface area contributed by atoms with E-state index in [1.807, 2.05) is 24.3 Å². The van der Waals surface area contributed by atoms with Crippen molar-refractivity contribution in [1.82, 2.24) is 15.5 Å². The van der Waals surface area contributed by atoms with Gasteiger partial charge < -0.3 is 15.5 Å². The molecule has 2 aromatic rings. The molecule has 0 fully saturated rings. The molecule has 0 saturated carbocycles. The van der Waals surface area contributed by atoms with Gasteiger partial charge in [0, 0.05) is 31.7 Å². The molecule has 3 amide bonds. The van der Waals surface area contributed by atoms with Crippen LogP contribution in [0.3, 0.4) is 0 Å². The van der Waals surface area contributed by atoms with E-state index in [-0.39, 0.29) is 17.5 Å². The Morgan fingerprint density at radius 1 is 0.806 bits per heavy atom. The maximum absolute atomic E-state index is 12.5. The maximum atomic E-state index is 12.5. The van der Waals surface area contributed by atoms with Gasteiger partial charge in [0.25, 0.3) is 5.91 Å². The Morgan fingerprint density at radius 2 is 1.35 bits per heavy atom. The predicted molar refractivity (Wildman–Crippen MR) is 111 cm³/mol. The number of hydrogen-bond acceptors (Lipinski definition) is 2. The summed E-state index contributed by atoms with van der Waals surface area (Å²) in [6.07, 6.45) is -0.996. The molecule has 1 aliphatic rings. The lowest BCUT2D eigenvalue weighted by Crippen LogP contribution is -2.36. The van der Waals surface area contributed by atoms with Crippen molar-refractivity contribution < 1.29 is 22.8 Å². The molecule has 0 spiro atoms. The fourth-order valence-electron chi connectivity index (χ4n) is 3.50. The molecule has 0 radical (unpaired) electrons. The third-order valence-corrected chi connectivity index (χ3v) is 5.27. The van der Waals surface area contributed by atoms with Gasteiger partial charge >= 0.3 is 12.2 Å². The highest BCUT2D eigenvalue weighted by atomic mass is 19.4. The third-order valence-electron chi connectivity index (χ3n) is 5.27. The fourth-order valence-corrected chi connectivity index (χ4v) is 3.50. The van der Waals surface area contributed by atoms with Crippen LogP contribution in [0.25, 0.3) is 0 Å². The number of nitrogens with zero attached hydrogens (tertiary/aromatic N) is 1. The van der Waals surface area contributed by atoms with Crippen LogP contribution in [0.1, 0.15) is 52.7 Å². The molecule has 0 aliphatic carbocycles. The summed E-state index contributed by atoms with van der Waals surface area (Å²) in [5.74, 6) is -0.382. The first-order valence-electron chi connectivity index (χ1n) is 10.4. The maximum Gasteiger partial charge on any atom is 0.416 e. The van der Waals surface area contributed by atoms with Crippen molar-refractivity contribution in [2.75, 3.05) is 13.1 Å². The standard InChI is InChI=1S/C23H26F3N3O2/c24-23(25,26)20-11-9-17(10-12-20)21(30)27-13-5-1-2-6-14-28-22(31)29-15-18-7-3-4-8-19(18)16-29/h3-4,7-12H,1-2,5-6,13-16H2,(H,27,30)(H,28,31). The molecule has 2 aromatic carbocycles. The molecule has 166 valence electrons. The molecule has 0 unspecified atom stereocenters. The van der Waals surface area contributed by atoms with Crippen LogP contribution in [0.5, 0.6) is 0 Å². The van der Waals surface area contributed by atoms with Crippen molar-refractivity contribution in [2.45, 2.75) is 44.9 Å². The number of halogens is 3. The van der Waals surface area contributed by atoms with Gasteiger partial charge in [0.05, 0.1) is 5.56 Å². The Morgan fingerprint density at radius 3 is 1.90 bits per heavy atom. The number of carbonyl (C=O) groups excluding carboxylic acids is 2. The number of fused-ring (bicyclic) bond motifs is 1. The van der Waals surface area contributed by atoms with Gasteiger partial charge in [-0.25, -0.2) is 4.79 Å². The molecule has 1 aliphatic heterocycles. The van der Waals surface area contributed by atoms with Crippen molar-refractivity contribution in [3.63, 3.8) is 0 Å². The van der Waals surface area contributed by atoms with Gasteiger partial charge in [0.1, 0.15) is 0 Å². The Balaban J connectivity index is 1.23. The topological polar surface area (TPSA) is 61.4 Å². The molecule has 0 saturated heterocycles. The molecular formula is C23H26F3N3O2. The molecule has 0 aromatic heterocycles. The summed E-state index contributed by atoms with van der Waals surface area (Å²) in [6.45, 7) is 2.34. The van der Waals surface area contributed by atoms with Gasteiger partial charge in [0.15, 0.2) is 0 Å². The molecule has 1 heterocycles. The second-order valence-electron chi connectivity index (χ2n) is 7.60. The number of benzene rings is 2. The number of alkyl halides is 3. The predicted octanol–water partition coefficient (Wildman–Crippen LogP) is 4.72. The van der Waals surface area contributed by atoms with Crippen molar-refractivity contribution >= 4 is 11.9 Å². The Kier molecular flexibility index (Phi) is 7.55. The van der Waals surface area contributed by atoms with Crippen LogP contribution in [0.2, 0.25) is 0 Å². The van der Waals surface area contributed by atoms with E-state index >= 15 is 0 Å². The van der Waals surface area contributed by atoms with Crippen molar-refractivity contribution in [3.8, 4) is 0 Å². The van der Waals surface area contributed by atoms with Gasteiger partial charge in [-0.1, -0.05) is 37.1 Å². The first kappa shape index (κ1) is 22.7. The number of carbonyl (C=O) groups is 2. The van der Waals surface area contributed by atoms with Crippen LogP contribution >= 0.6 is 0 Å². The number of urea groups is 1. The highest BCUT2D eigenvalue weighted by molar-refractivity contribution is 5.94. The number of amides is 3. The average molecular weight is 433 g/mol. The van der Waals surface area contributed by atoms with Crippen LogP contribution in [0.4, 0.5) is 18.0 Å². The van der Waals surface area contributed by atoms with E-state index in [0.29, 0.717) is 26.2 Å². The molecule has 8 heteroatoms. The smallest absolute Gasteiger partial charge is 0.352 e. The Labute approximate surface area is 179 Å². The highest BCUT2D eigenvalue weighted by Gasteiger charge is 2.30. The zero-order valence-electron chi connectivity index (χ0n) is 17.2. The Hall–Kier alpha value is -3.03. The molecule has 0 atom stereocenters. The van der Waals surface area contributed by atoms with Crippen LogP contribution in [-0.4, -0.2) is 29.9 Å². The summed E-state index contributed by atoms with van der Waals surface area (Å²) in [5.41, 5.74) is 1.82. The summed E-state index contributed by atoms with van der Waals surface area (Å²) in [7, 11) is 0. The van der Waals surface area contributed by atoms with Crippen molar-refractivity contribution in [2.24, 2.45) is 0 Å². The molecule has 31 heavy (non-hydrogen) atoms. The lowest BCUT2D eigenvalue weighted by molar-refractivity contribution is -0.137. The zero-order chi connectivity index (χ0) is 22.3. The van der Waals surface area contributed by atoms with E-state index in [2.05, 4.69) is 10.6 Å². The van der Waals surface area contributed by atoms with Gasteiger partial charge in [-0.05, 0) is 48.2 Å². The first-order chi connectivity index (χ1) is 14.8. The summed E-state index contributed by atoms with van der Waals surface area (Å²) in [5, 5.41) is 5.66. The minimum absolute atomic E-state index is 0.0556. The Bertz CT molecular complexity index is 873. The van der Waals surface area contributed by atoms with Gasteiger partial charge in [-0.2, -0.15) is 13.2 Å². The van der Waals surface area contributed by atoms with E-state index in [4.69, 9.17) is 0 Å². The fraction of sp³-hybridized carbons (Fsp3) is 0.391. The summed E-state index contributed by atoms with van der Waals surface area (Å²) in [6, 6.07) is 12.2. The summed E-state index contributed by atoms with van der Waals surface area (Å²) < 4.78 is 37.6. The van der Waals surface area contributed by atoms with Crippen molar-refractivity contribution in [3.05, 3.63) is 70.8 Å². The largest absolute Gasteiger partial charge is 0.416 e. The second kappa shape index (κ2) is 10.3. The highest BCUT2D eigenvalue weighted by Crippen LogP contribution is 2.29. The number of rotatable bonds is 8.